The lowest BCUT2D eigenvalue weighted by Gasteiger charge is -2.16. The molecular weight excluding hydrogens is 401 g/mol. The maximum atomic E-state index is 9.43. The molecule has 0 saturated carbocycles. The molecule has 2 aliphatic rings. The lowest BCUT2D eigenvalue weighted by molar-refractivity contribution is 0.220. The van der Waals surface area contributed by atoms with Gasteiger partial charge in [-0.3, -0.25) is 0 Å². The van der Waals surface area contributed by atoms with Gasteiger partial charge in [0.15, 0.2) is 0 Å². The molecule has 24 heavy (non-hydrogen) atoms. The Morgan fingerprint density at radius 3 is 1.96 bits per heavy atom. The summed E-state index contributed by atoms with van der Waals surface area (Å²) in [6, 6.07) is 0. The van der Waals surface area contributed by atoms with Crippen LogP contribution in [0.1, 0.15) is 6.92 Å². The Morgan fingerprint density at radius 1 is 0.833 bits per heavy atom. The Hall–Kier alpha value is 1.63. The maximum Gasteiger partial charge on any atom is 0.0900 e. The topological polar surface area (TPSA) is 45.3 Å². The normalized spacial score (nSPS) is 24.8. The molecule has 0 radical (unpaired) electrons. The van der Waals surface area contributed by atoms with Crippen LogP contribution in [0.5, 0.6) is 0 Å². The molecule has 8 heteroatoms. The van der Waals surface area contributed by atoms with Gasteiger partial charge < -0.3 is 14.6 Å². The third-order valence-electron chi connectivity index (χ3n) is 3.33. The van der Waals surface area contributed by atoms with Crippen LogP contribution in [0, 0.1) is 0 Å². The van der Waals surface area contributed by atoms with E-state index in [1.165, 1.54) is 40.3 Å². The van der Waals surface area contributed by atoms with Crippen LogP contribution in [0.2, 0.25) is 0 Å². The van der Waals surface area contributed by atoms with E-state index < -0.39 is 0 Å². The molecule has 2 aliphatic heterocycles. The number of ether oxygens (including phenoxy) is 2. The van der Waals surface area contributed by atoms with Gasteiger partial charge in [0.1, 0.15) is 0 Å². The lowest BCUT2D eigenvalue weighted by atomic mass is 10.5. The van der Waals surface area contributed by atoms with E-state index in [0.717, 1.165) is 24.7 Å². The second kappa shape index (κ2) is 13.7. The minimum atomic E-state index is -0.191. The van der Waals surface area contributed by atoms with Crippen LogP contribution in [0.15, 0.2) is 0 Å². The molecule has 4 unspecified atom stereocenters. The van der Waals surface area contributed by atoms with Gasteiger partial charge in [-0.15, -0.1) is 0 Å². The summed E-state index contributed by atoms with van der Waals surface area (Å²) in [5.41, 5.74) is 0. The Morgan fingerprint density at radius 2 is 1.38 bits per heavy atom. The fourth-order valence-electron chi connectivity index (χ4n) is 1.88. The quantitative estimate of drug-likeness (QED) is 0.279. The van der Waals surface area contributed by atoms with Gasteiger partial charge in [-0.1, -0.05) is 0 Å². The molecule has 0 spiro atoms. The van der Waals surface area contributed by atoms with Gasteiger partial charge in [-0.2, -0.15) is 58.8 Å². The summed E-state index contributed by atoms with van der Waals surface area (Å²) in [6.45, 7) is 3.83. The Balaban J connectivity index is 1.47. The van der Waals surface area contributed by atoms with Crippen LogP contribution in [0.3, 0.4) is 0 Å². The van der Waals surface area contributed by atoms with Crippen molar-refractivity contribution in [1.82, 2.24) is 0 Å². The first-order chi connectivity index (χ1) is 11.7. The first kappa shape index (κ1) is 21.9. The summed E-state index contributed by atoms with van der Waals surface area (Å²) < 4.78 is 10.5. The zero-order valence-corrected chi connectivity index (χ0v) is 18.5. The van der Waals surface area contributed by atoms with Gasteiger partial charge in [-0.05, 0) is 6.92 Å². The van der Waals surface area contributed by atoms with Crippen LogP contribution in [-0.4, -0.2) is 93.7 Å². The molecular formula is C16H30O3S5. The average molecular weight is 431 g/mol. The zero-order valence-electron chi connectivity index (χ0n) is 14.4. The summed E-state index contributed by atoms with van der Waals surface area (Å²) in [5, 5.41) is 10.1. The molecule has 0 aromatic carbocycles. The van der Waals surface area contributed by atoms with E-state index in [1.54, 1.807) is 0 Å². The van der Waals surface area contributed by atoms with E-state index in [4.69, 9.17) is 9.47 Å². The van der Waals surface area contributed by atoms with E-state index in [1.807, 2.05) is 42.2 Å². The van der Waals surface area contributed by atoms with Gasteiger partial charge in [0.2, 0.25) is 0 Å². The van der Waals surface area contributed by atoms with Crippen molar-refractivity contribution in [2.24, 2.45) is 0 Å². The van der Waals surface area contributed by atoms with Crippen molar-refractivity contribution in [2.45, 2.75) is 30.5 Å². The van der Waals surface area contributed by atoms with Crippen LogP contribution in [0.4, 0.5) is 0 Å². The first-order valence-corrected chi connectivity index (χ1v) is 14.2. The number of rotatable bonds is 17. The number of hydrogen-bond donors (Lipinski definition) is 1. The highest BCUT2D eigenvalue weighted by Crippen LogP contribution is 2.24. The highest BCUT2D eigenvalue weighted by Gasteiger charge is 2.22. The molecule has 2 rings (SSSR count). The van der Waals surface area contributed by atoms with Crippen LogP contribution in [0.25, 0.3) is 0 Å². The third-order valence-corrected chi connectivity index (χ3v) is 10.2. The van der Waals surface area contributed by atoms with Crippen LogP contribution >= 0.6 is 58.8 Å². The molecule has 4 atom stereocenters. The minimum absolute atomic E-state index is 0.191. The summed E-state index contributed by atoms with van der Waals surface area (Å²) in [5.74, 6) is 10.5. The van der Waals surface area contributed by atoms with Crippen molar-refractivity contribution >= 4 is 58.8 Å². The van der Waals surface area contributed by atoms with Crippen molar-refractivity contribution in [3.63, 3.8) is 0 Å². The zero-order chi connectivity index (χ0) is 17.0. The van der Waals surface area contributed by atoms with Gasteiger partial charge in [0.05, 0.1) is 31.5 Å². The highest BCUT2D eigenvalue weighted by atomic mass is 32.2. The van der Waals surface area contributed by atoms with Gasteiger partial charge in [0.25, 0.3) is 0 Å². The number of epoxide rings is 2. The van der Waals surface area contributed by atoms with Gasteiger partial charge in [0, 0.05) is 57.0 Å². The molecule has 0 aromatic rings. The summed E-state index contributed by atoms with van der Waals surface area (Å²) in [4.78, 5) is 0. The van der Waals surface area contributed by atoms with Gasteiger partial charge >= 0.3 is 0 Å². The molecule has 2 saturated heterocycles. The highest BCUT2D eigenvalue weighted by molar-refractivity contribution is 8.06. The largest absolute Gasteiger partial charge is 0.393 e. The third kappa shape index (κ3) is 12.9. The number of hydrogen-bond acceptors (Lipinski definition) is 8. The van der Waals surface area contributed by atoms with Crippen molar-refractivity contribution in [3.8, 4) is 0 Å². The summed E-state index contributed by atoms with van der Waals surface area (Å²) in [6.07, 6.45) is 0.911. The smallest absolute Gasteiger partial charge is 0.0900 e. The summed E-state index contributed by atoms with van der Waals surface area (Å²) >= 11 is 10.1. The predicted molar refractivity (Wildman–Crippen MR) is 117 cm³/mol. The molecule has 1 N–H and O–H groups in total. The molecule has 0 aliphatic carbocycles. The van der Waals surface area contributed by atoms with E-state index in [0.29, 0.717) is 17.5 Å². The second-order valence-electron chi connectivity index (χ2n) is 6.01. The van der Waals surface area contributed by atoms with E-state index in [9.17, 15) is 5.11 Å². The Bertz CT molecular complexity index is 314. The fraction of sp³-hybridized carbons (Fsp3) is 1.00. The lowest BCUT2D eigenvalue weighted by Crippen LogP contribution is -2.14. The standard InChI is InChI=1S/C16H30O3S5/c1-13(17)8-23-12-16(24-5-4-21-10-15-7-19-15)11-22-3-2-20-9-14-6-18-14/h13-17H,2-12H2,1H3. The second-order valence-corrected chi connectivity index (χ2v) is 11.9. The molecule has 0 amide bonds. The molecule has 142 valence electrons. The maximum absolute atomic E-state index is 9.43. The van der Waals surface area contributed by atoms with Crippen molar-refractivity contribution in [3.05, 3.63) is 0 Å². The van der Waals surface area contributed by atoms with E-state index in [2.05, 4.69) is 23.5 Å². The van der Waals surface area contributed by atoms with E-state index >= 15 is 0 Å². The SMILES string of the molecule is CC(O)CSCC(CSCCSCC1CO1)SCCSCC1CO1. The van der Waals surface area contributed by atoms with Crippen molar-refractivity contribution in [2.75, 3.05) is 65.0 Å². The Labute approximate surface area is 168 Å². The first-order valence-electron chi connectivity index (χ1n) is 8.58. The Kier molecular flexibility index (Phi) is 12.6. The van der Waals surface area contributed by atoms with E-state index in [-0.39, 0.29) is 6.10 Å². The monoisotopic (exact) mass is 430 g/mol. The molecule has 0 bridgehead atoms. The molecule has 2 fully saturated rings. The number of thioether (sulfide) groups is 5. The van der Waals surface area contributed by atoms with Crippen molar-refractivity contribution < 1.29 is 14.6 Å². The van der Waals surface area contributed by atoms with Crippen molar-refractivity contribution in [1.29, 1.82) is 0 Å². The van der Waals surface area contributed by atoms with Gasteiger partial charge in [-0.25, -0.2) is 0 Å². The average Bonchev–Trinajstić information content (AvgIpc) is 3.44. The minimum Gasteiger partial charge on any atom is -0.393 e. The number of aliphatic hydroxyl groups is 1. The summed E-state index contributed by atoms with van der Waals surface area (Å²) in [7, 11) is 0. The molecule has 3 nitrogen and oxygen atoms in total. The fourth-order valence-corrected chi connectivity index (χ4v) is 8.16. The predicted octanol–water partition coefficient (Wildman–Crippen LogP) is 3.20. The van der Waals surface area contributed by atoms with Crippen LogP contribution < -0.4 is 0 Å². The van der Waals surface area contributed by atoms with Crippen LogP contribution in [-0.2, 0) is 9.47 Å². The molecule has 2 heterocycles. The number of aliphatic hydroxyl groups excluding tert-OH is 1. The molecule has 0 aromatic heterocycles.